The van der Waals surface area contributed by atoms with Crippen molar-refractivity contribution in [2.45, 2.75) is 25.2 Å². The Bertz CT molecular complexity index is 597. The molecule has 0 aliphatic heterocycles. The summed E-state index contributed by atoms with van der Waals surface area (Å²) in [6, 6.07) is 13.9. The van der Waals surface area contributed by atoms with Crippen molar-refractivity contribution in [3.05, 3.63) is 65.0 Å². The van der Waals surface area contributed by atoms with Gasteiger partial charge in [0.25, 0.3) is 0 Å². The van der Waals surface area contributed by atoms with E-state index < -0.39 is 0 Å². The van der Waals surface area contributed by atoms with Gasteiger partial charge in [0.05, 0.1) is 7.11 Å². The van der Waals surface area contributed by atoms with Crippen LogP contribution in [0.25, 0.3) is 0 Å². The number of benzene rings is 2. The van der Waals surface area contributed by atoms with Crippen LogP contribution >= 0.6 is 0 Å². The third-order valence-electron chi connectivity index (χ3n) is 3.99. The van der Waals surface area contributed by atoms with Gasteiger partial charge in [0.1, 0.15) is 0 Å². The van der Waals surface area contributed by atoms with Crippen LogP contribution in [0.2, 0.25) is 0 Å². The Hall–Kier alpha value is -1.87. The lowest BCUT2D eigenvalue weighted by Gasteiger charge is -2.30. The Morgan fingerprint density at radius 2 is 1.95 bits per heavy atom. The third-order valence-corrected chi connectivity index (χ3v) is 3.99. The molecule has 0 spiro atoms. The second-order valence-corrected chi connectivity index (χ2v) is 5.07. The minimum Gasteiger partial charge on any atom is -0.494 e. The molecule has 1 atom stereocenters. The number of hydrogen-bond acceptors (Lipinski definition) is 2. The van der Waals surface area contributed by atoms with Crippen LogP contribution in [-0.2, 0) is 12.8 Å². The van der Waals surface area contributed by atoms with E-state index in [9.17, 15) is 4.39 Å². The summed E-state index contributed by atoms with van der Waals surface area (Å²) < 4.78 is 19.0. The van der Waals surface area contributed by atoms with Crippen LogP contribution < -0.4 is 10.9 Å². The van der Waals surface area contributed by atoms with Gasteiger partial charge in [0, 0.05) is 0 Å². The fourth-order valence-electron chi connectivity index (χ4n) is 2.86. The number of rotatable bonds is 4. The van der Waals surface area contributed by atoms with Crippen molar-refractivity contribution >= 4 is 0 Å². The van der Waals surface area contributed by atoms with Crippen molar-refractivity contribution < 1.29 is 9.13 Å². The molecule has 0 bridgehead atoms. The van der Waals surface area contributed by atoms with E-state index in [1.807, 2.05) is 12.1 Å². The first-order valence-electron chi connectivity index (χ1n) is 6.69. The highest BCUT2D eigenvalue weighted by atomic mass is 19.1. The van der Waals surface area contributed by atoms with Gasteiger partial charge in [-0.1, -0.05) is 36.4 Å². The summed E-state index contributed by atoms with van der Waals surface area (Å²) in [6.45, 7) is 0. The summed E-state index contributed by atoms with van der Waals surface area (Å²) >= 11 is 0. The molecule has 3 N–H and O–H groups in total. The summed E-state index contributed by atoms with van der Waals surface area (Å²) in [6.07, 6.45) is 2.89. The first kappa shape index (κ1) is 14.5. The zero-order valence-electron chi connectivity index (χ0n) is 11.7. The topological polar surface area (TPSA) is 44.2 Å². The highest BCUT2D eigenvalue weighted by Gasteiger charge is 2.25. The Morgan fingerprint density at radius 1 is 1.15 bits per heavy atom. The monoisotopic (exact) mass is 273 g/mol. The van der Waals surface area contributed by atoms with Crippen molar-refractivity contribution in [1.82, 2.24) is 6.15 Å². The maximum absolute atomic E-state index is 14.0. The molecule has 0 radical (unpaired) electrons. The van der Waals surface area contributed by atoms with Crippen molar-refractivity contribution in [3.63, 3.8) is 0 Å². The SMILES string of the molecule is COc1cccc(CCC2Cc3ccccc32)c1F.N. The molecule has 20 heavy (non-hydrogen) atoms. The van der Waals surface area contributed by atoms with Gasteiger partial charge in [-0.2, -0.15) is 0 Å². The van der Waals surface area contributed by atoms with Gasteiger partial charge < -0.3 is 10.9 Å². The number of aryl methyl sites for hydroxylation is 1. The van der Waals surface area contributed by atoms with E-state index in [4.69, 9.17) is 4.74 Å². The first-order valence-corrected chi connectivity index (χ1v) is 6.69. The van der Waals surface area contributed by atoms with E-state index in [0.29, 0.717) is 11.7 Å². The van der Waals surface area contributed by atoms with Crippen LogP contribution in [0.4, 0.5) is 4.39 Å². The summed E-state index contributed by atoms with van der Waals surface area (Å²) in [5.74, 6) is 0.714. The molecule has 0 saturated heterocycles. The Labute approximate surface area is 119 Å². The molecule has 3 rings (SSSR count). The van der Waals surface area contributed by atoms with E-state index in [1.165, 1.54) is 18.2 Å². The predicted molar refractivity (Wildman–Crippen MR) is 79.2 cm³/mol. The molecule has 0 heterocycles. The second-order valence-electron chi connectivity index (χ2n) is 5.07. The molecule has 2 aromatic carbocycles. The fraction of sp³-hybridized carbons (Fsp3) is 0.294. The van der Waals surface area contributed by atoms with E-state index in [1.54, 1.807) is 6.07 Å². The summed E-state index contributed by atoms with van der Waals surface area (Å²) in [7, 11) is 1.50. The average molecular weight is 273 g/mol. The number of halogens is 1. The van der Waals surface area contributed by atoms with Crippen molar-refractivity contribution in [3.8, 4) is 5.75 Å². The predicted octanol–water partition coefficient (Wildman–Crippen LogP) is 4.27. The number of ether oxygens (including phenoxy) is 1. The van der Waals surface area contributed by atoms with Gasteiger partial charge in [-0.05, 0) is 47.9 Å². The van der Waals surface area contributed by atoms with Crippen LogP contribution in [0.5, 0.6) is 5.75 Å². The van der Waals surface area contributed by atoms with Crippen LogP contribution in [0.1, 0.15) is 29.0 Å². The van der Waals surface area contributed by atoms with Gasteiger partial charge in [-0.15, -0.1) is 0 Å². The molecule has 1 unspecified atom stereocenters. The lowest BCUT2D eigenvalue weighted by Crippen LogP contribution is -2.17. The molecular weight excluding hydrogens is 253 g/mol. The van der Waals surface area contributed by atoms with E-state index in [2.05, 4.69) is 24.3 Å². The van der Waals surface area contributed by atoms with Gasteiger partial charge in [0.15, 0.2) is 11.6 Å². The number of methoxy groups -OCH3 is 1. The molecule has 2 nitrogen and oxygen atoms in total. The molecule has 3 heteroatoms. The summed E-state index contributed by atoms with van der Waals surface area (Å²) in [5.41, 5.74) is 3.63. The number of hydrogen-bond donors (Lipinski definition) is 1. The maximum Gasteiger partial charge on any atom is 0.168 e. The third kappa shape index (κ3) is 2.54. The fourth-order valence-corrected chi connectivity index (χ4v) is 2.86. The lowest BCUT2D eigenvalue weighted by molar-refractivity contribution is 0.383. The molecule has 1 aliphatic rings. The van der Waals surface area contributed by atoms with E-state index in [-0.39, 0.29) is 12.0 Å². The molecule has 0 fully saturated rings. The Morgan fingerprint density at radius 3 is 2.70 bits per heavy atom. The van der Waals surface area contributed by atoms with Crippen LogP contribution in [0, 0.1) is 5.82 Å². The summed E-state index contributed by atoms with van der Waals surface area (Å²) in [4.78, 5) is 0. The Kier molecular flexibility index (Phi) is 4.40. The van der Waals surface area contributed by atoms with Crippen molar-refractivity contribution in [2.75, 3.05) is 7.11 Å². The normalized spacial score (nSPS) is 15.8. The highest BCUT2D eigenvalue weighted by molar-refractivity contribution is 5.40. The zero-order valence-corrected chi connectivity index (χ0v) is 11.7. The van der Waals surface area contributed by atoms with Gasteiger partial charge in [-0.25, -0.2) is 4.39 Å². The molecule has 0 saturated carbocycles. The summed E-state index contributed by atoms with van der Waals surface area (Å²) in [5, 5.41) is 0. The average Bonchev–Trinajstić information content (AvgIpc) is 2.41. The molecule has 106 valence electrons. The van der Waals surface area contributed by atoms with Crippen molar-refractivity contribution in [1.29, 1.82) is 0 Å². The largest absolute Gasteiger partial charge is 0.494 e. The molecule has 0 amide bonds. The van der Waals surface area contributed by atoms with E-state index >= 15 is 0 Å². The van der Waals surface area contributed by atoms with Crippen LogP contribution in [0.3, 0.4) is 0 Å². The minimum absolute atomic E-state index is 0. The molecule has 1 aliphatic carbocycles. The highest BCUT2D eigenvalue weighted by Crippen LogP contribution is 2.38. The van der Waals surface area contributed by atoms with E-state index in [0.717, 1.165) is 24.8 Å². The quantitative estimate of drug-likeness (QED) is 0.904. The van der Waals surface area contributed by atoms with Gasteiger partial charge in [0.2, 0.25) is 0 Å². The molecule has 2 aromatic rings. The van der Waals surface area contributed by atoms with Gasteiger partial charge in [-0.3, -0.25) is 0 Å². The Balaban J connectivity index is 0.00000147. The number of fused-ring (bicyclic) bond motifs is 1. The standard InChI is InChI=1S/C17H17FO.H3N/c1-19-16-8-4-6-12(17(16)18)9-10-14-11-13-5-2-3-7-15(13)14;/h2-8,14H,9-11H2,1H3;1H3. The van der Waals surface area contributed by atoms with Crippen LogP contribution in [0.15, 0.2) is 42.5 Å². The van der Waals surface area contributed by atoms with Crippen molar-refractivity contribution in [2.24, 2.45) is 0 Å². The lowest BCUT2D eigenvalue weighted by atomic mass is 9.75. The minimum atomic E-state index is -0.211. The second kappa shape index (κ2) is 6.06. The van der Waals surface area contributed by atoms with Gasteiger partial charge >= 0.3 is 0 Å². The molecule has 0 aromatic heterocycles. The molecular formula is C17H20FNO. The zero-order chi connectivity index (χ0) is 13.2. The maximum atomic E-state index is 14.0. The van der Waals surface area contributed by atoms with Crippen LogP contribution in [-0.4, -0.2) is 7.11 Å². The smallest absolute Gasteiger partial charge is 0.168 e. The first-order chi connectivity index (χ1) is 9.29.